The van der Waals surface area contributed by atoms with E-state index in [-0.39, 0.29) is 11.8 Å². The van der Waals surface area contributed by atoms with Crippen molar-refractivity contribution in [2.75, 3.05) is 32.7 Å². The van der Waals surface area contributed by atoms with Gasteiger partial charge in [0.25, 0.3) is 0 Å². The van der Waals surface area contributed by atoms with Crippen LogP contribution in [0.15, 0.2) is 17.0 Å². The molecule has 1 aromatic carbocycles. The Bertz CT molecular complexity index is 731. The van der Waals surface area contributed by atoms with Crippen molar-refractivity contribution in [1.29, 1.82) is 0 Å². The first-order valence-electron chi connectivity index (χ1n) is 9.83. The number of carbonyl (C=O) groups is 1. The maximum Gasteiger partial charge on any atom is 0.243 e. The van der Waals surface area contributed by atoms with Gasteiger partial charge in [0.2, 0.25) is 15.9 Å². The van der Waals surface area contributed by atoms with Gasteiger partial charge in [-0.25, -0.2) is 8.42 Å². The lowest BCUT2D eigenvalue weighted by Gasteiger charge is -2.31. The zero-order chi connectivity index (χ0) is 20.0. The van der Waals surface area contributed by atoms with Crippen LogP contribution in [-0.2, 0) is 14.8 Å². The van der Waals surface area contributed by atoms with Gasteiger partial charge in [-0.3, -0.25) is 4.79 Å². The summed E-state index contributed by atoms with van der Waals surface area (Å²) in [7, 11) is -3.52. The summed E-state index contributed by atoms with van der Waals surface area (Å²) in [4.78, 5) is 12.7. The number of hydrogen-bond acceptors (Lipinski definition) is 4. The number of sulfonamides is 1. The van der Waals surface area contributed by atoms with Crippen molar-refractivity contribution in [3.8, 4) is 0 Å². The molecule has 1 saturated heterocycles. The molecule has 152 valence electrons. The number of aryl methyl sites for hydroxylation is 3. The van der Waals surface area contributed by atoms with Crippen LogP contribution in [0.25, 0.3) is 0 Å². The fraction of sp³-hybridized carbons (Fsp3) is 0.650. The smallest absolute Gasteiger partial charge is 0.243 e. The van der Waals surface area contributed by atoms with E-state index in [1.54, 1.807) is 0 Å². The van der Waals surface area contributed by atoms with Gasteiger partial charge < -0.3 is 10.6 Å². The molecule has 1 aromatic rings. The third kappa shape index (κ3) is 5.53. The molecule has 0 aliphatic carbocycles. The molecule has 0 radical (unpaired) electrons. The molecule has 1 aliphatic rings. The first-order chi connectivity index (χ1) is 12.8. The van der Waals surface area contributed by atoms with Gasteiger partial charge in [0.05, 0.1) is 4.90 Å². The number of carbonyl (C=O) groups excluding carboxylic acids is 1. The quantitative estimate of drug-likeness (QED) is 0.661. The van der Waals surface area contributed by atoms with E-state index in [1.165, 1.54) is 4.31 Å². The van der Waals surface area contributed by atoms with Crippen molar-refractivity contribution in [3.05, 3.63) is 28.8 Å². The summed E-state index contributed by atoms with van der Waals surface area (Å²) in [5, 5.41) is 6.20. The Balaban J connectivity index is 1.94. The lowest BCUT2D eigenvalue weighted by Crippen LogP contribution is -2.44. The molecule has 2 rings (SSSR count). The van der Waals surface area contributed by atoms with Gasteiger partial charge in [0, 0.05) is 32.1 Å². The lowest BCUT2D eigenvalue weighted by atomic mass is 9.97. The fourth-order valence-electron chi connectivity index (χ4n) is 3.78. The molecular weight excluding hydrogens is 362 g/mol. The maximum atomic E-state index is 13.1. The van der Waals surface area contributed by atoms with Crippen molar-refractivity contribution in [2.45, 2.75) is 51.9 Å². The minimum atomic E-state index is -3.52. The molecule has 7 heteroatoms. The monoisotopic (exact) mass is 395 g/mol. The molecular formula is C20H33N3O3S. The third-order valence-corrected chi connectivity index (χ3v) is 7.26. The number of hydrogen-bond donors (Lipinski definition) is 2. The minimum Gasteiger partial charge on any atom is -0.355 e. The normalized spacial score (nSPS) is 16.4. The van der Waals surface area contributed by atoms with Crippen molar-refractivity contribution < 1.29 is 13.2 Å². The summed E-state index contributed by atoms with van der Waals surface area (Å²) in [5.74, 6) is -0.0733. The highest BCUT2D eigenvalue weighted by Gasteiger charge is 2.33. The van der Waals surface area contributed by atoms with Crippen LogP contribution in [0.1, 0.15) is 42.9 Å². The van der Waals surface area contributed by atoms with Gasteiger partial charge in [-0.2, -0.15) is 4.31 Å². The summed E-state index contributed by atoms with van der Waals surface area (Å²) in [6.45, 7) is 10.9. The third-order valence-electron chi connectivity index (χ3n) is 5.06. The number of nitrogens with one attached hydrogen (secondary N) is 2. The Morgan fingerprint density at radius 3 is 2.22 bits per heavy atom. The highest BCUT2D eigenvalue weighted by Crippen LogP contribution is 2.28. The summed E-state index contributed by atoms with van der Waals surface area (Å²) < 4.78 is 27.7. The van der Waals surface area contributed by atoms with Gasteiger partial charge in [-0.05, 0) is 57.7 Å². The maximum absolute atomic E-state index is 13.1. The molecule has 0 aromatic heterocycles. The topological polar surface area (TPSA) is 78.5 Å². The van der Waals surface area contributed by atoms with E-state index >= 15 is 0 Å². The molecule has 27 heavy (non-hydrogen) atoms. The molecule has 0 bridgehead atoms. The number of amides is 1. The molecule has 0 atom stereocenters. The van der Waals surface area contributed by atoms with E-state index in [9.17, 15) is 13.2 Å². The number of piperidine rings is 1. The second-order valence-electron chi connectivity index (χ2n) is 7.45. The van der Waals surface area contributed by atoms with Crippen LogP contribution in [0, 0.1) is 26.7 Å². The number of rotatable bonds is 8. The zero-order valence-electron chi connectivity index (χ0n) is 17.0. The van der Waals surface area contributed by atoms with Gasteiger partial charge >= 0.3 is 0 Å². The van der Waals surface area contributed by atoms with E-state index in [4.69, 9.17) is 0 Å². The Labute approximate surface area is 163 Å². The second kappa shape index (κ2) is 9.66. The van der Waals surface area contributed by atoms with E-state index < -0.39 is 10.0 Å². The van der Waals surface area contributed by atoms with Crippen molar-refractivity contribution >= 4 is 15.9 Å². The van der Waals surface area contributed by atoms with E-state index in [1.807, 2.05) is 32.9 Å². The van der Waals surface area contributed by atoms with E-state index in [0.717, 1.165) is 36.2 Å². The summed E-state index contributed by atoms with van der Waals surface area (Å²) in [5.41, 5.74) is 2.63. The highest BCUT2D eigenvalue weighted by atomic mass is 32.2. The van der Waals surface area contributed by atoms with Crippen LogP contribution in [0.5, 0.6) is 0 Å². The van der Waals surface area contributed by atoms with Crippen molar-refractivity contribution in [2.24, 2.45) is 5.92 Å². The van der Waals surface area contributed by atoms with Gasteiger partial charge in [-0.1, -0.05) is 24.6 Å². The van der Waals surface area contributed by atoms with Crippen LogP contribution in [0.2, 0.25) is 0 Å². The number of nitrogens with zero attached hydrogens (tertiary/aromatic N) is 1. The van der Waals surface area contributed by atoms with Crippen LogP contribution in [-0.4, -0.2) is 51.4 Å². The second-order valence-corrected chi connectivity index (χ2v) is 9.32. The largest absolute Gasteiger partial charge is 0.355 e. The predicted octanol–water partition coefficient (Wildman–Crippen LogP) is 2.13. The van der Waals surface area contributed by atoms with Crippen LogP contribution >= 0.6 is 0 Å². The molecule has 0 saturated carbocycles. The molecule has 1 aliphatic heterocycles. The van der Waals surface area contributed by atoms with Crippen LogP contribution in [0.3, 0.4) is 0 Å². The molecule has 1 fully saturated rings. The highest BCUT2D eigenvalue weighted by molar-refractivity contribution is 7.89. The zero-order valence-corrected chi connectivity index (χ0v) is 17.8. The Morgan fingerprint density at radius 1 is 1.07 bits per heavy atom. The molecule has 1 amide bonds. The average Bonchev–Trinajstić information content (AvgIpc) is 2.60. The molecule has 1 heterocycles. The van der Waals surface area contributed by atoms with Gasteiger partial charge in [-0.15, -0.1) is 0 Å². The SMILES string of the molecule is CCCNCCNC(=O)C1CCN(S(=O)(=O)c2c(C)cc(C)cc2C)CC1. The number of benzene rings is 1. The van der Waals surface area contributed by atoms with Gasteiger partial charge in [0.15, 0.2) is 0 Å². The Morgan fingerprint density at radius 2 is 1.67 bits per heavy atom. The van der Waals surface area contributed by atoms with E-state index in [0.29, 0.717) is 37.4 Å². The average molecular weight is 396 g/mol. The Hall–Kier alpha value is -1.44. The van der Waals surface area contributed by atoms with Crippen molar-refractivity contribution in [1.82, 2.24) is 14.9 Å². The fourth-order valence-corrected chi connectivity index (χ4v) is 5.66. The van der Waals surface area contributed by atoms with Crippen LogP contribution < -0.4 is 10.6 Å². The van der Waals surface area contributed by atoms with Crippen LogP contribution in [0.4, 0.5) is 0 Å². The lowest BCUT2D eigenvalue weighted by molar-refractivity contribution is -0.126. The molecule has 2 N–H and O–H groups in total. The summed E-state index contributed by atoms with van der Waals surface area (Å²) in [6, 6.07) is 3.82. The van der Waals surface area contributed by atoms with E-state index in [2.05, 4.69) is 17.6 Å². The molecule has 0 spiro atoms. The first-order valence-corrected chi connectivity index (χ1v) is 11.3. The first kappa shape index (κ1) is 21.9. The summed E-state index contributed by atoms with van der Waals surface area (Å²) >= 11 is 0. The standard InChI is InChI=1S/C20H33N3O3S/c1-5-8-21-9-10-22-20(24)18-6-11-23(12-7-18)27(25,26)19-16(3)13-15(2)14-17(19)4/h13-14,18,21H,5-12H2,1-4H3,(H,22,24). The van der Waals surface area contributed by atoms with Crippen molar-refractivity contribution in [3.63, 3.8) is 0 Å². The van der Waals surface area contributed by atoms with Gasteiger partial charge in [0.1, 0.15) is 0 Å². The summed E-state index contributed by atoms with van der Waals surface area (Å²) in [6.07, 6.45) is 2.20. The Kier molecular flexibility index (Phi) is 7.82. The molecule has 6 nitrogen and oxygen atoms in total. The predicted molar refractivity (Wildman–Crippen MR) is 108 cm³/mol. The molecule has 0 unspecified atom stereocenters. The minimum absolute atomic E-state index is 0.0352.